The maximum Gasteiger partial charge on any atom is 0.315 e. The largest absolute Gasteiger partial charge is 0.480 e. The van der Waals surface area contributed by atoms with Crippen molar-refractivity contribution in [3.63, 3.8) is 0 Å². The van der Waals surface area contributed by atoms with Crippen molar-refractivity contribution < 1.29 is 14.3 Å². The maximum absolute atomic E-state index is 12.0. The number of nitrogens with zero attached hydrogens (tertiary/aromatic N) is 2. The predicted octanol–water partition coefficient (Wildman–Crippen LogP) is 2.74. The molecular weight excluding hydrogens is 340 g/mol. The van der Waals surface area contributed by atoms with Gasteiger partial charge < -0.3 is 20.1 Å². The third kappa shape index (κ3) is 5.32. The lowest BCUT2D eigenvalue weighted by Crippen LogP contribution is -2.44. The van der Waals surface area contributed by atoms with Gasteiger partial charge in [-0.05, 0) is 37.1 Å². The van der Waals surface area contributed by atoms with Gasteiger partial charge in [-0.15, -0.1) is 11.3 Å². The van der Waals surface area contributed by atoms with Crippen LogP contribution in [0.4, 0.5) is 4.79 Å². The molecule has 7 nitrogen and oxygen atoms in total. The summed E-state index contributed by atoms with van der Waals surface area (Å²) in [6, 6.07) is 4.05. The Hall–Kier alpha value is -2.35. The van der Waals surface area contributed by atoms with Crippen LogP contribution >= 0.6 is 11.3 Å². The summed E-state index contributed by atoms with van der Waals surface area (Å²) in [7, 11) is 1.55. The van der Waals surface area contributed by atoms with E-state index < -0.39 is 0 Å². The summed E-state index contributed by atoms with van der Waals surface area (Å²) in [5, 5.41) is 7.93. The normalized spacial score (nSPS) is 19.9. The fraction of sp³-hybridized carbons (Fsp3) is 0.471. The van der Waals surface area contributed by atoms with Gasteiger partial charge in [0, 0.05) is 10.9 Å². The number of ether oxygens (including phenoxy) is 2. The first-order valence-electron chi connectivity index (χ1n) is 8.32. The Kier molecular flexibility index (Phi) is 6.05. The Bertz CT molecular complexity index is 672. The number of hydrogen-bond donors (Lipinski definition) is 2. The van der Waals surface area contributed by atoms with E-state index in [1.54, 1.807) is 30.8 Å². The zero-order valence-electron chi connectivity index (χ0n) is 14.1. The molecule has 0 atom stereocenters. The van der Waals surface area contributed by atoms with E-state index in [1.807, 2.05) is 17.5 Å². The average molecular weight is 362 g/mol. The SMILES string of the molecule is COc1cncc(OC2CCC(NC(=O)NCc3cccs3)CC2)n1. The predicted molar refractivity (Wildman–Crippen MR) is 94.9 cm³/mol. The van der Waals surface area contributed by atoms with Gasteiger partial charge in [-0.3, -0.25) is 4.98 Å². The van der Waals surface area contributed by atoms with Crippen LogP contribution in [0.1, 0.15) is 30.6 Å². The van der Waals surface area contributed by atoms with E-state index >= 15 is 0 Å². The summed E-state index contributed by atoms with van der Waals surface area (Å²) in [5.41, 5.74) is 0. The number of methoxy groups -OCH3 is 1. The molecule has 2 N–H and O–H groups in total. The van der Waals surface area contributed by atoms with Gasteiger partial charge in [0.25, 0.3) is 0 Å². The second-order valence-electron chi connectivity index (χ2n) is 5.90. The average Bonchev–Trinajstić information content (AvgIpc) is 3.15. The highest BCUT2D eigenvalue weighted by Gasteiger charge is 2.24. The van der Waals surface area contributed by atoms with Gasteiger partial charge in [0.2, 0.25) is 11.8 Å². The Balaban J connectivity index is 1.38. The number of carbonyl (C=O) groups is 1. The van der Waals surface area contributed by atoms with Crippen molar-refractivity contribution in [1.82, 2.24) is 20.6 Å². The smallest absolute Gasteiger partial charge is 0.315 e. The lowest BCUT2D eigenvalue weighted by molar-refractivity contribution is 0.133. The van der Waals surface area contributed by atoms with Crippen LogP contribution in [0.3, 0.4) is 0 Å². The fourth-order valence-corrected chi connectivity index (χ4v) is 3.44. The Morgan fingerprint density at radius 1 is 1.28 bits per heavy atom. The van der Waals surface area contributed by atoms with Crippen LogP contribution in [0, 0.1) is 0 Å². The Morgan fingerprint density at radius 3 is 2.80 bits per heavy atom. The van der Waals surface area contributed by atoms with Gasteiger partial charge in [0.1, 0.15) is 6.10 Å². The molecule has 1 saturated carbocycles. The monoisotopic (exact) mass is 362 g/mol. The van der Waals surface area contributed by atoms with Crippen LogP contribution in [0.25, 0.3) is 0 Å². The molecule has 1 aliphatic rings. The summed E-state index contributed by atoms with van der Waals surface area (Å²) >= 11 is 1.64. The van der Waals surface area contributed by atoms with E-state index in [0.29, 0.717) is 18.3 Å². The van der Waals surface area contributed by atoms with Crippen LogP contribution < -0.4 is 20.1 Å². The Labute approximate surface area is 150 Å². The number of nitrogens with one attached hydrogen (secondary N) is 2. The number of amides is 2. The standard InChI is InChI=1S/C17H22N4O3S/c1-23-15-10-18-11-16(21-15)24-13-6-4-12(5-7-13)20-17(22)19-9-14-3-2-8-25-14/h2-3,8,10-13H,4-7,9H2,1H3,(H2,19,20,22). The minimum atomic E-state index is -0.114. The number of urea groups is 1. The molecule has 0 radical (unpaired) electrons. The molecule has 1 fully saturated rings. The molecule has 0 unspecified atom stereocenters. The summed E-state index contributed by atoms with van der Waals surface area (Å²) < 4.78 is 10.9. The van der Waals surface area contributed by atoms with E-state index in [4.69, 9.17) is 9.47 Å². The van der Waals surface area contributed by atoms with E-state index in [1.165, 1.54) is 0 Å². The fourth-order valence-electron chi connectivity index (χ4n) is 2.80. The summed E-state index contributed by atoms with van der Waals surface area (Å²) in [4.78, 5) is 21.4. The van der Waals surface area contributed by atoms with Gasteiger partial charge in [-0.25, -0.2) is 4.79 Å². The van der Waals surface area contributed by atoms with E-state index in [0.717, 1.165) is 30.6 Å². The van der Waals surface area contributed by atoms with Crippen molar-refractivity contribution >= 4 is 17.4 Å². The zero-order valence-corrected chi connectivity index (χ0v) is 14.9. The molecule has 8 heteroatoms. The minimum Gasteiger partial charge on any atom is -0.480 e. The van der Waals surface area contributed by atoms with Crippen LogP contribution in [-0.2, 0) is 6.54 Å². The molecule has 2 amide bonds. The quantitative estimate of drug-likeness (QED) is 0.825. The van der Waals surface area contributed by atoms with Gasteiger partial charge in [-0.1, -0.05) is 6.07 Å². The van der Waals surface area contributed by atoms with Crippen molar-refractivity contribution in [2.75, 3.05) is 7.11 Å². The highest BCUT2D eigenvalue weighted by Crippen LogP contribution is 2.23. The molecule has 2 aromatic rings. The number of carbonyl (C=O) groups excluding carboxylic acids is 1. The molecule has 2 aromatic heterocycles. The first kappa shape index (κ1) is 17.5. The molecule has 1 aliphatic carbocycles. The highest BCUT2D eigenvalue weighted by atomic mass is 32.1. The summed E-state index contributed by atoms with van der Waals surface area (Å²) in [6.07, 6.45) is 6.73. The van der Waals surface area contributed by atoms with Crippen molar-refractivity contribution in [3.05, 3.63) is 34.8 Å². The Morgan fingerprint density at radius 2 is 2.08 bits per heavy atom. The summed E-state index contributed by atoms with van der Waals surface area (Å²) in [6.45, 7) is 0.566. The van der Waals surface area contributed by atoms with E-state index in [9.17, 15) is 4.79 Å². The van der Waals surface area contributed by atoms with Crippen molar-refractivity contribution in [2.24, 2.45) is 0 Å². The molecular formula is C17H22N4O3S. The molecule has 134 valence electrons. The third-order valence-corrected chi connectivity index (χ3v) is 4.98. The number of thiophene rings is 1. The van der Waals surface area contributed by atoms with Gasteiger partial charge in [0.05, 0.1) is 26.0 Å². The first-order chi connectivity index (χ1) is 12.2. The topological polar surface area (TPSA) is 85.4 Å². The van der Waals surface area contributed by atoms with Crippen LogP contribution in [-0.4, -0.2) is 35.3 Å². The van der Waals surface area contributed by atoms with E-state index in [-0.39, 0.29) is 18.2 Å². The molecule has 2 heterocycles. The molecule has 0 aromatic carbocycles. The second-order valence-corrected chi connectivity index (χ2v) is 6.93. The van der Waals surface area contributed by atoms with Crippen molar-refractivity contribution in [3.8, 4) is 11.8 Å². The zero-order chi connectivity index (χ0) is 17.5. The molecule has 0 spiro atoms. The van der Waals surface area contributed by atoms with Gasteiger partial charge >= 0.3 is 6.03 Å². The summed E-state index contributed by atoms with van der Waals surface area (Å²) in [5.74, 6) is 0.916. The second kappa shape index (κ2) is 8.66. The van der Waals surface area contributed by atoms with Gasteiger partial charge in [0.15, 0.2) is 0 Å². The highest BCUT2D eigenvalue weighted by molar-refractivity contribution is 7.09. The van der Waals surface area contributed by atoms with Gasteiger partial charge in [-0.2, -0.15) is 4.98 Å². The van der Waals surface area contributed by atoms with E-state index in [2.05, 4.69) is 20.6 Å². The first-order valence-corrected chi connectivity index (χ1v) is 9.20. The number of aromatic nitrogens is 2. The van der Waals surface area contributed by atoms with Crippen LogP contribution in [0.5, 0.6) is 11.8 Å². The van der Waals surface area contributed by atoms with Crippen LogP contribution in [0.15, 0.2) is 29.9 Å². The molecule has 0 bridgehead atoms. The lowest BCUT2D eigenvalue weighted by atomic mass is 9.93. The number of rotatable bonds is 6. The van der Waals surface area contributed by atoms with Crippen molar-refractivity contribution in [2.45, 2.75) is 44.4 Å². The minimum absolute atomic E-state index is 0.0913. The maximum atomic E-state index is 12.0. The molecule has 0 aliphatic heterocycles. The third-order valence-electron chi connectivity index (χ3n) is 4.10. The molecule has 3 rings (SSSR count). The van der Waals surface area contributed by atoms with Crippen LogP contribution in [0.2, 0.25) is 0 Å². The molecule has 0 saturated heterocycles. The number of hydrogen-bond acceptors (Lipinski definition) is 6. The van der Waals surface area contributed by atoms with Crippen molar-refractivity contribution in [1.29, 1.82) is 0 Å². The lowest BCUT2D eigenvalue weighted by Gasteiger charge is -2.29. The molecule has 25 heavy (non-hydrogen) atoms.